The Morgan fingerprint density at radius 1 is 1.10 bits per heavy atom. The van der Waals surface area contributed by atoms with Crippen molar-refractivity contribution in [2.75, 3.05) is 26.2 Å². The van der Waals surface area contributed by atoms with Gasteiger partial charge in [0.2, 0.25) is 0 Å². The second-order valence-corrected chi connectivity index (χ2v) is 6.21. The first-order valence-electron chi connectivity index (χ1n) is 7.53. The van der Waals surface area contributed by atoms with Crippen molar-refractivity contribution in [3.05, 3.63) is 34.9 Å². The van der Waals surface area contributed by atoms with E-state index in [1.165, 1.54) is 25.9 Å². The van der Waals surface area contributed by atoms with Crippen molar-refractivity contribution >= 4 is 17.5 Å². The van der Waals surface area contributed by atoms with Crippen molar-refractivity contribution in [3.63, 3.8) is 0 Å². The topological polar surface area (TPSA) is 23.6 Å². The molecule has 0 spiro atoms. The molecule has 2 heterocycles. The second-order valence-electron chi connectivity index (χ2n) is 5.78. The summed E-state index contributed by atoms with van der Waals surface area (Å²) in [6.07, 6.45) is 4.88. The Hall–Kier alpha value is -1.06. The maximum atomic E-state index is 12.4. The van der Waals surface area contributed by atoms with Crippen LogP contribution in [0.1, 0.15) is 36.0 Å². The summed E-state index contributed by atoms with van der Waals surface area (Å²) in [5, 5.41) is 0.628. The number of amides is 1. The van der Waals surface area contributed by atoms with Crippen LogP contribution >= 0.6 is 11.6 Å². The van der Waals surface area contributed by atoms with Crippen LogP contribution in [0.2, 0.25) is 5.02 Å². The fourth-order valence-corrected chi connectivity index (χ4v) is 3.54. The lowest BCUT2D eigenvalue weighted by molar-refractivity contribution is 0.0644. The van der Waals surface area contributed by atoms with Crippen LogP contribution in [0.4, 0.5) is 0 Å². The van der Waals surface area contributed by atoms with Gasteiger partial charge in [0.05, 0.1) is 0 Å². The number of likely N-dealkylation sites (tertiary alicyclic amines) is 2. The summed E-state index contributed by atoms with van der Waals surface area (Å²) in [5.74, 6) is 0.118. The van der Waals surface area contributed by atoms with Gasteiger partial charge in [0.1, 0.15) is 0 Å². The minimum atomic E-state index is 0.118. The van der Waals surface area contributed by atoms with Crippen LogP contribution < -0.4 is 0 Å². The molecule has 0 radical (unpaired) electrons. The average molecular weight is 293 g/mol. The molecule has 0 aliphatic carbocycles. The van der Waals surface area contributed by atoms with E-state index in [1.807, 2.05) is 17.0 Å². The first-order chi connectivity index (χ1) is 9.74. The van der Waals surface area contributed by atoms with E-state index in [4.69, 9.17) is 11.6 Å². The molecular weight excluding hydrogens is 272 g/mol. The highest BCUT2D eigenvalue weighted by Crippen LogP contribution is 2.22. The van der Waals surface area contributed by atoms with Gasteiger partial charge in [-0.05, 0) is 57.0 Å². The summed E-state index contributed by atoms with van der Waals surface area (Å²) in [7, 11) is 0. The van der Waals surface area contributed by atoms with E-state index in [0.717, 1.165) is 25.9 Å². The monoisotopic (exact) mass is 292 g/mol. The van der Waals surface area contributed by atoms with Crippen molar-refractivity contribution < 1.29 is 4.79 Å². The molecule has 20 heavy (non-hydrogen) atoms. The predicted molar refractivity (Wildman–Crippen MR) is 81.2 cm³/mol. The van der Waals surface area contributed by atoms with E-state index in [-0.39, 0.29) is 5.91 Å². The van der Waals surface area contributed by atoms with E-state index in [0.29, 0.717) is 16.6 Å². The number of hydrogen-bond donors (Lipinski definition) is 0. The number of piperidine rings is 1. The molecule has 2 saturated heterocycles. The van der Waals surface area contributed by atoms with E-state index < -0.39 is 0 Å². The molecule has 0 atom stereocenters. The quantitative estimate of drug-likeness (QED) is 0.836. The highest BCUT2D eigenvalue weighted by molar-refractivity contribution is 6.30. The molecule has 3 rings (SSSR count). The summed E-state index contributed by atoms with van der Waals surface area (Å²) in [6.45, 7) is 4.22. The first kappa shape index (κ1) is 13.9. The summed E-state index contributed by atoms with van der Waals surface area (Å²) >= 11 is 5.96. The SMILES string of the molecule is O=C(c1cccc(Cl)c1)N1CCC(N2CCCC2)CC1. The minimum absolute atomic E-state index is 0.118. The van der Waals surface area contributed by atoms with Crippen molar-refractivity contribution in [2.45, 2.75) is 31.7 Å². The Morgan fingerprint density at radius 3 is 2.45 bits per heavy atom. The molecule has 0 bridgehead atoms. The molecule has 0 unspecified atom stereocenters. The zero-order valence-electron chi connectivity index (χ0n) is 11.7. The van der Waals surface area contributed by atoms with E-state index in [9.17, 15) is 4.79 Å². The molecule has 4 heteroatoms. The van der Waals surface area contributed by atoms with Gasteiger partial charge in [-0.2, -0.15) is 0 Å². The third-order valence-corrected chi connectivity index (χ3v) is 4.72. The standard InChI is InChI=1S/C16H21ClN2O/c17-14-5-3-4-13(12-14)16(20)19-10-6-15(7-11-19)18-8-1-2-9-18/h3-5,12,15H,1-2,6-11H2. The number of benzene rings is 1. The highest BCUT2D eigenvalue weighted by atomic mass is 35.5. The molecule has 108 valence electrons. The molecule has 1 amide bonds. The Balaban J connectivity index is 1.58. The molecular formula is C16H21ClN2O. The van der Waals surface area contributed by atoms with Crippen LogP contribution in [0.15, 0.2) is 24.3 Å². The van der Waals surface area contributed by atoms with Crippen LogP contribution in [0.3, 0.4) is 0 Å². The van der Waals surface area contributed by atoms with Gasteiger partial charge in [-0.25, -0.2) is 0 Å². The second kappa shape index (κ2) is 6.15. The molecule has 0 aromatic heterocycles. The van der Waals surface area contributed by atoms with Crippen LogP contribution in [-0.2, 0) is 0 Å². The third kappa shape index (κ3) is 2.99. The normalized spacial score (nSPS) is 21.4. The highest BCUT2D eigenvalue weighted by Gasteiger charge is 2.28. The predicted octanol–water partition coefficient (Wildman–Crippen LogP) is 3.04. The fourth-order valence-electron chi connectivity index (χ4n) is 3.34. The summed E-state index contributed by atoms with van der Waals surface area (Å²) in [6, 6.07) is 7.93. The van der Waals surface area contributed by atoms with Crippen molar-refractivity contribution in [2.24, 2.45) is 0 Å². The smallest absolute Gasteiger partial charge is 0.253 e. The van der Waals surface area contributed by atoms with Gasteiger partial charge >= 0.3 is 0 Å². The maximum Gasteiger partial charge on any atom is 0.253 e. The first-order valence-corrected chi connectivity index (χ1v) is 7.91. The molecule has 2 aliphatic heterocycles. The van der Waals surface area contributed by atoms with E-state index in [1.54, 1.807) is 12.1 Å². The molecule has 3 nitrogen and oxygen atoms in total. The Bertz CT molecular complexity index is 477. The number of hydrogen-bond acceptors (Lipinski definition) is 2. The molecule has 2 fully saturated rings. The fraction of sp³-hybridized carbons (Fsp3) is 0.562. The van der Waals surface area contributed by atoms with Gasteiger partial charge in [-0.15, -0.1) is 0 Å². The molecule has 1 aromatic rings. The van der Waals surface area contributed by atoms with Crippen LogP contribution in [-0.4, -0.2) is 47.9 Å². The summed E-state index contributed by atoms with van der Waals surface area (Å²) < 4.78 is 0. The zero-order valence-corrected chi connectivity index (χ0v) is 12.5. The number of carbonyl (C=O) groups excluding carboxylic acids is 1. The van der Waals surface area contributed by atoms with E-state index in [2.05, 4.69) is 4.90 Å². The van der Waals surface area contributed by atoms with Gasteiger partial charge in [0, 0.05) is 29.7 Å². The zero-order chi connectivity index (χ0) is 13.9. The van der Waals surface area contributed by atoms with E-state index >= 15 is 0 Å². The van der Waals surface area contributed by atoms with Crippen LogP contribution in [0, 0.1) is 0 Å². The lowest BCUT2D eigenvalue weighted by Gasteiger charge is -2.36. The van der Waals surface area contributed by atoms with Gasteiger partial charge in [0.25, 0.3) is 5.91 Å². The molecule has 0 saturated carbocycles. The molecule has 1 aromatic carbocycles. The van der Waals surface area contributed by atoms with Crippen molar-refractivity contribution in [1.82, 2.24) is 9.80 Å². The summed E-state index contributed by atoms with van der Waals surface area (Å²) in [5.41, 5.74) is 0.706. The van der Waals surface area contributed by atoms with Gasteiger partial charge in [0.15, 0.2) is 0 Å². The minimum Gasteiger partial charge on any atom is -0.339 e. The molecule has 2 aliphatic rings. The lowest BCUT2D eigenvalue weighted by Crippen LogP contribution is -2.45. The number of rotatable bonds is 2. The third-order valence-electron chi connectivity index (χ3n) is 4.48. The Morgan fingerprint density at radius 2 is 1.80 bits per heavy atom. The van der Waals surface area contributed by atoms with Crippen molar-refractivity contribution in [3.8, 4) is 0 Å². The van der Waals surface area contributed by atoms with Gasteiger partial charge in [-0.3, -0.25) is 4.79 Å². The largest absolute Gasteiger partial charge is 0.339 e. The average Bonchev–Trinajstić information content (AvgIpc) is 3.01. The number of nitrogens with zero attached hydrogens (tertiary/aromatic N) is 2. The van der Waals surface area contributed by atoms with Crippen LogP contribution in [0.25, 0.3) is 0 Å². The molecule has 0 N–H and O–H groups in total. The van der Waals surface area contributed by atoms with Crippen LogP contribution in [0.5, 0.6) is 0 Å². The Labute approximate surface area is 125 Å². The van der Waals surface area contributed by atoms with Gasteiger partial charge < -0.3 is 9.80 Å². The van der Waals surface area contributed by atoms with Crippen molar-refractivity contribution in [1.29, 1.82) is 0 Å². The Kier molecular flexibility index (Phi) is 4.27. The summed E-state index contributed by atoms with van der Waals surface area (Å²) in [4.78, 5) is 17.0. The number of carbonyl (C=O) groups is 1. The number of halogens is 1. The lowest BCUT2D eigenvalue weighted by atomic mass is 10.0. The maximum absolute atomic E-state index is 12.4. The van der Waals surface area contributed by atoms with Gasteiger partial charge in [-0.1, -0.05) is 17.7 Å².